The number of esters is 1. The number of anilines is 2. The summed E-state index contributed by atoms with van der Waals surface area (Å²) in [6, 6.07) is 3.84. The molecule has 1 aliphatic heterocycles. The number of hydrogen-bond acceptors (Lipinski definition) is 6. The van der Waals surface area contributed by atoms with E-state index in [1.54, 1.807) is 26.8 Å². The molecule has 1 aliphatic rings. The molecule has 1 amide bonds. The van der Waals surface area contributed by atoms with Gasteiger partial charge in [0, 0.05) is 38.5 Å². The highest BCUT2D eigenvalue weighted by Gasteiger charge is 2.46. The summed E-state index contributed by atoms with van der Waals surface area (Å²) in [7, 11) is 5.75. The average Bonchev–Trinajstić information content (AvgIpc) is 2.72. The van der Waals surface area contributed by atoms with Gasteiger partial charge in [-0.25, -0.2) is 4.79 Å². The molecule has 1 fully saturated rings. The normalized spacial score (nSPS) is 15.4. The van der Waals surface area contributed by atoms with Crippen LogP contribution in [0.25, 0.3) is 0 Å². The Morgan fingerprint density at radius 1 is 1.06 bits per heavy atom. The van der Waals surface area contributed by atoms with Gasteiger partial charge in [0.05, 0.1) is 11.3 Å². The van der Waals surface area contributed by atoms with E-state index in [1.165, 1.54) is 12.1 Å². The molecule has 0 aliphatic carbocycles. The molecule has 7 nitrogen and oxygen atoms in total. The number of hydrogen-bond donors (Lipinski definition) is 0. The molecule has 10 heteroatoms. The predicted molar refractivity (Wildman–Crippen MR) is 125 cm³/mol. The Balaban J connectivity index is 2.56. The molecule has 0 radical (unpaired) electrons. The lowest BCUT2D eigenvalue weighted by Crippen LogP contribution is -2.50. The molecule has 0 saturated carbocycles. The van der Waals surface area contributed by atoms with Gasteiger partial charge in [-0.2, -0.15) is 13.2 Å². The second-order valence-electron chi connectivity index (χ2n) is 9.80. The van der Waals surface area contributed by atoms with Crippen LogP contribution in [-0.4, -0.2) is 82.0 Å². The summed E-state index contributed by atoms with van der Waals surface area (Å²) >= 11 is 0. The van der Waals surface area contributed by atoms with Crippen LogP contribution in [0.4, 0.5) is 24.5 Å². The maximum Gasteiger partial charge on any atom is 0.471 e. The number of carbonyl (C=O) groups excluding carboxylic acids is 2. The topological polar surface area (TPSA) is 62.3 Å². The number of halogens is 3. The lowest BCUT2D eigenvalue weighted by molar-refractivity contribution is -0.171. The summed E-state index contributed by atoms with van der Waals surface area (Å²) in [4.78, 5) is 30.3. The van der Waals surface area contributed by atoms with Gasteiger partial charge in [-0.1, -0.05) is 0 Å². The zero-order chi connectivity index (χ0) is 25.7. The fraction of sp³-hybridized carbons (Fsp3) is 0.667. The predicted octanol–water partition coefficient (Wildman–Crippen LogP) is 4.10. The summed E-state index contributed by atoms with van der Waals surface area (Å²) in [6.45, 7) is 6.98. The molecule has 1 aromatic carbocycles. The Labute approximate surface area is 199 Å². The second kappa shape index (κ2) is 11.4. The van der Waals surface area contributed by atoms with E-state index in [2.05, 4.69) is 0 Å². The Kier molecular flexibility index (Phi) is 9.36. The fourth-order valence-corrected chi connectivity index (χ4v) is 3.77. The highest BCUT2D eigenvalue weighted by atomic mass is 19.4. The summed E-state index contributed by atoms with van der Waals surface area (Å²) in [5.41, 5.74) is -0.425. The fourth-order valence-electron chi connectivity index (χ4n) is 3.77. The van der Waals surface area contributed by atoms with E-state index >= 15 is 0 Å². The lowest BCUT2D eigenvalue weighted by Gasteiger charge is -2.36. The van der Waals surface area contributed by atoms with Crippen LogP contribution >= 0.6 is 0 Å². The van der Waals surface area contributed by atoms with Gasteiger partial charge in [-0.3, -0.25) is 4.79 Å². The first-order chi connectivity index (χ1) is 15.7. The molecular formula is C24H36F3N3O4. The van der Waals surface area contributed by atoms with Gasteiger partial charge in [-0.05, 0) is 78.9 Å². The molecule has 0 atom stereocenters. The molecule has 0 N–H and O–H groups in total. The Bertz CT molecular complexity index is 847. The van der Waals surface area contributed by atoms with Crippen LogP contribution < -0.4 is 9.80 Å². The Morgan fingerprint density at radius 2 is 1.68 bits per heavy atom. The van der Waals surface area contributed by atoms with Gasteiger partial charge < -0.3 is 24.2 Å². The van der Waals surface area contributed by atoms with E-state index in [-0.39, 0.29) is 37.3 Å². The quantitative estimate of drug-likeness (QED) is 0.515. The van der Waals surface area contributed by atoms with E-state index in [0.717, 1.165) is 17.9 Å². The Hall–Kier alpha value is -2.33. The largest absolute Gasteiger partial charge is 0.471 e. The number of benzene rings is 1. The minimum Gasteiger partial charge on any atom is -0.456 e. The first-order valence-corrected chi connectivity index (χ1v) is 11.4. The first-order valence-electron chi connectivity index (χ1n) is 11.4. The summed E-state index contributed by atoms with van der Waals surface area (Å²) in [5.74, 6) is -2.78. The van der Waals surface area contributed by atoms with Gasteiger partial charge in [0.2, 0.25) is 0 Å². The summed E-state index contributed by atoms with van der Waals surface area (Å²) < 4.78 is 51.8. The number of carbonyl (C=O) groups is 2. The molecule has 1 aromatic rings. The van der Waals surface area contributed by atoms with Crippen molar-refractivity contribution in [1.82, 2.24) is 4.90 Å². The smallest absolute Gasteiger partial charge is 0.456 e. The highest BCUT2D eigenvalue weighted by Crippen LogP contribution is 2.35. The van der Waals surface area contributed by atoms with Crippen LogP contribution in [0, 0.1) is 0 Å². The SMILES string of the molecule is CN(C)CCCN(C)c1ccc(C(=O)OC(C)(C)C)c(N(C(=O)C(F)(F)F)C2CCOCC2)c1. The van der Waals surface area contributed by atoms with E-state index in [9.17, 15) is 22.8 Å². The van der Waals surface area contributed by atoms with Gasteiger partial charge in [0.1, 0.15) is 5.60 Å². The third kappa shape index (κ3) is 7.87. The van der Waals surface area contributed by atoms with Crippen molar-refractivity contribution in [3.05, 3.63) is 23.8 Å². The third-order valence-electron chi connectivity index (χ3n) is 5.42. The third-order valence-corrected chi connectivity index (χ3v) is 5.42. The molecule has 34 heavy (non-hydrogen) atoms. The van der Waals surface area contributed by atoms with Crippen molar-refractivity contribution < 1.29 is 32.2 Å². The Morgan fingerprint density at radius 3 is 2.21 bits per heavy atom. The minimum absolute atomic E-state index is 0.0792. The van der Waals surface area contributed by atoms with Gasteiger partial charge in [0.15, 0.2) is 0 Å². The van der Waals surface area contributed by atoms with E-state index in [4.69, 9.17) is 9.47 Å². The van der Waals surface area contributed by atoms with Crippen LogP contribution in [0.15, 0.2) is 18.2 Å². The van der Waals surface area contributed by atoms with Crippen molar-refractivity contribution in [3.63, 3.8) is 0 Å². The van der Waals surface area contributed by atoms with Crippen LogP contribution in [-0.2, 0) is 14.3 Å². The van der Waals surface area contributed by atoms with Crippen LogP contribution in [0.3, 0.4) is 0 Å². The van der Waals surface area contributed by atoms with E-state index in [1.807, 2.05) is 30.9 Å². The van der Waals surface area contributed by atoms with Gasteiger partial charge >= 0.3 is 18.1 Å². The lowest BCUT2D eigenvalue weighted by atomic mass is 10.0. The minimum atomic E-state index is -5.10. The highest BCUT2D eigenvalue weighted by molar-refractivity contribution is 6.05. The van der Waals surface area contributed by atoms with Crippen LogP contribution in [0.5, 0.6) is 0 Å². The molecule has 1 heterocycles. The van der Waals surface area contributed by atoms with Crippen molar-refractivity contribution >= 4 is 23.3 Å². The van der Waals surface area contributed by atoms with Crippen molar-refractivity contribution in [1.29, 1.82) is 0 Å². The molecule has 2 rings (SSSR count). The first kappa shape index (κ1) is 27.9. The van der Waals surface area contributed by atoms with Crippen LogP contribution in [0.1, 0.15) is 50.4 Å². The molecule has 192 valence electrons. The van der Waals surface area contributed by atoms with E-state index in [0.29, 0.717) is 12.2 Å². The maximum atomic E-state index is 13.7. The molecule has 0 unspecified atom stereocenters. The monoisotopic (exact) mass is 487 g/mol. The number of amides is 1. The number of rotatable bonds is 8. The summed E-state index contributed by atoms with van der Waals surface area (Å²) in [6.07, 6.45) is -3.80. The molecule has 1 saturated heterocycles. The number of ether oxygens (including phenoxy) is 2. The second-order valence-corrected chi connectivity index (χ2v) is 9.80. The van der Waals surface area contributed by atoms with Crippen LogP contribution in [0.2, 0.25) is 0 Å². The van der Waals surface area contributed by atoms with Crippen molar-refractivity contribution in [2.45, 2.75) is 57.9 Å². The summed E-state index contributed by atoms with van der Waals surface area (Å²) in [5, 5.41) is 0. The zero-order valence-corrected chi connectivity index (χ0v) is 20.9. The van der Waals surface area contributed by atoms with Gasteiger partial charge in [0.25, 0.3) is 0 Å². The standard InChI is InChI=1S/C24H36F3N3O4/c1-23(2,3)34-21(31)19-9-8-18(29(6)13-7-12-28(4)5)16-20(19)30(22(32)24(25,26)27)17-10-14-33-15-11-17/h8-9,16-17H,7,10-15H2,1-6H3. The molecule has 0 bridgehead atoms. The molecule has 0 aromatic heterocycles. The molecular weight excluding hydrogens is 451 g/mol. The maximum absolute atomic E-state index is 13.7. The average molecular weight is 488 g/mol. The van der Waals surface area contributed by atoms with E-state index < -0.39 is 29.7 Å². The number of alkyl halides is 3. The van der Waals surface area contributed by atoms with Crippen molar-refractivity contribution in [2.24, 2.45) is 0 Å². The van der Waals surface area contributed by atoms with Gasteiger partial charge in [-0.15, -0.1) is 0 Å². The van der Waals surface area contributed by atoms with Crippen molar-refractivity contribution in [2.75, 3.05) is 57.2 Å². The number of nitrogens with zero attached hydrogens (tertiary/aromatic N) is 3. The zero-order valence-electron chi connectivity index (χ0n) is 20.9. The van der Waals surface area contributed by atoms with Crippen molar-refractivity contribution in [3.8, 4) is 0 Å². The molecule has 0 spiro atoms.